The fraction of sp³-hybridized carbons (Fsp3) is 0.429. The van der Waals surface area contributed by atoms with Gasteiger partial charge in [0.2, 0.25) is 5.95 Å². The monoisotopic (exact) mass is 187 g/mol. The lowest BCUT2D eigenvalue weighted by atomic mass is 10.6. The van der Waals surface area contributed by atoms with Crippen LogP contribution in [0.3, 0.4) is 0 Å². The van der Waals surface area contributed by atoms with Gasteiger partial charge in [-0.25, -0.2) is 4.98 Å². The molecule has 66 valence electrons. The zero-order valence-corrected chi connectivity index (χ0v) is 7.96. The van der Waals surface area contributed by atoms with Crippen LogP contribution in [0.5, 0.6) is 5.75 Å². The summed E-state index contributed by atoms with van der Waals surface area (Å²) in [7, 11) is 5.22. The molecule has 1 aromatic heterocycles. The molecule has 0 spiro atoms. The summed E-state index contributed by atoms with van der Waals surface area (Å²) in [6.45, 7) is 0. The van der Waals surface area contributed by atoms with Crippen LogP contribution >= 0.6 is 11.6 Å². The van der Waals surface area contributed by atoms with Crippen LogP contribution in [0, 0.1) is 0 Å². The zero-order chi connectivity index (χ0) is 9.14. The second kappa shape index (κ2) is 3.58. The van der Waals surface area contributed by atoms with Crippen molar-refractivity contribution in [2.45, 2.75) is 0 Å². The van der Waals surface area contributed by atoms with Crippen molar-refractivity contribution in [2.24, 2.45) is 0 Å². The van der Waals surface area contributed by atoms with Gasteiger partial charge in [-0.15, -0.1) is 0 Å². The third-order valence-electron chi connectivity index (χ3n) is 1.32. The standard InChI is InChI=1S/C7H10ClN3O/c1-11(2)7-9-4-5(12-3)6(8)10-7/h4H,1-3H3. The van der Waals surface area contributed by atoms with Crippen LogP contribution < -0.4 is 9.64 Å². The molecule has 0 N–H and O–H groups in total. The van der Waals surface area contributed by atoms with E-state index >= 15 is 0 Å². The van der Waals surface area contributed by atoms with Crippen molar-refractivity contribution in [1.82, 2.24) is 9.97 Å². The first kappa shape index (κ1) is 9.06. The fourth-order valence-corrected chi connectivity index (χ4v) is 0.895. The Bertz CT molecular complexity index is 277. The van der Waals surface area contributed by atoms with Gasteiger partial charge < -0.3 is 9.64 Å². The topological polar surface area (TPSA) is 38.2 Å². The van der Waals surface area contributed by atoms with Gasteiger partial charge in [-0.2, -0.15) is 4.98 Å². The Hall–Kier alpha value is -1.03. The zero-order valence-electron chi connectivity index (χ0n) is 7.21. The van der Waals surface area contributed by atoms with Crippen LogP contribution in [0.2, 0.25) is 5.15 Å². The summed E-state index contributed by atoms with van der Waals surface area (Å²) in [5.74, 6) is 1.06. The third-order valence-corrected chi connectivity index (χ3v) is 1.59. The maximum Gasteiger partial charge on any atom is 0.226 e. The van der Waals surface area contributed by atoms with Crippen LogP contribution in [-0.4, -0.2) is 31.2 Å². The molecule has 5 heteroatoms. The summed E-state index contributed by atoms with van der Waals surface area (Å²) >= 11 is 5.77. The van der Waals surface area contributed by atoms with Crippen molar-refractivity contribution < 1.29 is 4.74 Å². The predicted octanol–water partition coefficient (Wildman–Crippen LogP) is 1.20. The second-order valence-electron chi connectivity index (χ2n) is 2.42. The molecule has 0 amide bonds. The lowest BCUT2D eigenvalue weighted by Gasteiger charge is -2.10. The first-order valence-electron chi connectivity index (χ1n) is 3.39. The molecule has 0 saturated heterocycles. The highest BCUT2D eigenvalue weighted by molar-refractivity contribution is 6.30. The van der Waals surface area contributed by atoms with Gasteiger partial charge in [0.05, 0.1) is 13.3 Å². The number of aromatic nitrogens is 2. The van der Waals surface area contributed by atoms with Crippen LogP contribution in [0.15, 0.2) is 6.20 Å². The average molecular weight is 188 g/mol. The molecule has 1 rings (SSSR count). The van der Waals surface area contributed by atoms with E-state index in [0.717, 1.165) is 0 Å². The number of hydrogen-bond donors (Lipinski definition) is 0. The van der Waals surface area contributed by atoms with Crippen LogP contribution in [0.4, 0.5) is 5.95 Å². The van der Waals surface area contributed by atoms with E-state index in [1.54, 1.807) is 11.1 Å². The lowest BCUT2D eigenvalue weighted by molar-refractivity contribution is 0.411. The van der Waals surface area contributed by atoms with Crippen molar-refractivity contribution in [3.05, 3.63) is 11.3 Å². The first-order chi connectivity index (χ1) is 5.65. The summed E-state index contributed by atoms with van der Waals surface area (Å²) in [6.07, 6.45) is 1.55. The lowest BCUT2D eigenvalue weighted by Crippen LogP contribution is -2.12. The van der Waals surface area contributed by atoms with Crippen molar-refractivity contribution in [3.63, 3.8) is 0 Å². The molecule has 0 bridgehead atoms. The van der Waals surface area contributed by atoms with Gasteiger partial charge >= 0.3 is 0 Å². The van der Waals surface area contributed by atoms with Crippen LogP contribution in [0.1, 0.15) is 0 Å². The SMILES string of the molecule is COc1cnc(N(C)C)nc1Cl. The highest BCUT2D eigenvalue weighted by Gasteiger charge is 2.05. The first-order valence-corrected chi connectivity index (χ1v) is 3.77. The Balaban J connectivity index is 3.02. The summed E-state index contributed by atoms with van der Waals surface area (Å²) in [6, 6.07) is 0. The number of anilines is 1. The third kappa shape index (κ3) is 1.76. The summed E-state index contributed by atoms with van der Waals surface area (Å²) in [5, 5.41) is 0.330. The number of halogens is 1. The molecule has 0 radical (unpaired) electrons. The Morgan fingerprint density at radius 2 is 2.17 bits per heavy atom. The number of nitrogens with zero attached hydrogens (tertiary/aromatic N) is 3. The highest BCUT2D eigenvalue weighted by Crippen LogP contribution is 2.21. The molecule has 0 saturated carbocycles. The number of ether oxygens (including phenoxy) is 1. The number of methoxy groups -OCH3 is 1. The van der Waals surface area contributed by atoms with Gasteiger partial charge in [-0.3, -0.25) is 0 Å². The minimum Gasteiger partial charge on any atom is -0.492 e. The van der Waals surface area contributed by atoms with E-state index < -0.39 is 0 Å². The molecule has 4 nitrogen and oxygen atoms in total. The maximum absolute atomic E-state index is 5.77. The smallest absolute Gasteiger partial charge is 0.226 e. The molecule has 1 heterocycles. The minimum atomic E-state index is 0.330. The Labute approximate surface area is 76.1 Å². The van der Waals surface area contributed by atoms with E-state index in [-0.39, 0.29) is 0 Å². The van der Waals surface area contributed by atoms with Gasteiger partial charge in [0.25, 0.3) is 0 Å². The Morgan fingerprint density at radius 3 is 2.58 bits per heavy atom. The van der Waals surface area contributed by atoms with E-state index in [4.69, 9.17) is 16.3 Å². The summed E-state index contributed by atoms with van der Waals surface area (Å²) < 4.78 is 4.90. The molecule has 1 aromatic rings. The largest absolute Gasteiger partial charge is 0.492 e. The van der Waals surface area contributed by atoms with Crippen LogP contribution in [0.25, 0.3) is 0 Å². The van der Waals surface area contributed by atoms with Gasteiger partial charge in [0, 0.05) is 14.1 Å². The summed E-state index contributed by atoms with van der Waals surface area (Å²) in [4.78, 5) is 9.78. The number of hydrogen-bond acceptors (Lipinski definition) is 4. The molecule has 0 aromatic carbocycles. The molecule has 0 atom stereocenters. The molecule has 0 aliphatic carbocycles. The van der Waals surface area contributed by atoms with Crippen molar-refractivity contribution in [2.75, 3.05) is 26.1 Å². The second-order valence-corrected chi connectivity index (χ2v) is 2.78. The van der Waals surface area contributed by atoms with E-state index in [1.807, 2.05) is 14.1 Å². The van der Waals surface area contributed by atoms with E-state index in [9.17, 15) is 0 Å². The van der Waals surface area contributed by atoms with E-state index in [0.29, 0.717) is 16.9 Å². The van der Waals surface area contributed by atoms with Crippen molar-refractivity contribution in [3.8, 4) is 5.75 Å². The summed E-state index contributed by atoms with van der Waals surface area (Å²) in [5.41, 5.74) is 0. The molecule has 0 unspecified atom stereocenters. The molecule has 12 heavy (non-hydrogen) atoms. The van der Waals surface area contributed by atoms with E-state index in [2.05, 4.69) is 9.97 Å². The molecule has 0 aliphatic heterocycles. The van der Waals surface area contributed by atoms with Gasteiger partial charge in [0.1, 0.15) is 0 Å². The molecular formula is C7H10ClN3O. The highest BCUT2D eigenvalue weighted by atomic mass is 35.5. The number of rotatable bonds is 2. The van der Waals surface area contributed by atoms with Crippen LogP contribution in [-0.2, 0) is 0 Å². The van der Waals surface area contributed by atoms with E-state index in [1.165, 1.54) is 7.11 Å². The predicted molar refractivity (Wildman–Crippen MR) is 47.9 cm³/mol. The minimum absolute atomic E-state index is 0.330. The normalized spacial score (nSPS) is 9.67. The van der Waals surface area contributed by atoms with Gasteiger partial charge in [-0.1, -0.05) is 11.6 Å². The quantitative estimate of drug-likeness (QED) is 0.653. The molecule has 0 aliphatic rings. The maximum atomic E-state index is 5.77. The average Bonchev–Trinajstić information content (AvgIpc) is 2.04. The van der Waals surface area contributed by atoms with Crippen molar-refractivity contribution >= 4 is 17.5 Å². The Kier molecular flexibility index (Phi) is 2.70. The van der Waals surface area contributed by atoms with Crippen molar-refractivity contribution in [1.29, 1.82) is 0 Å². The fourth-order valence-electron chi connectivity index (χ4n) is 0.694. The molecular weight excluding hydrogens is 178 g/mol. The van der Waals surface area contributed by atoms with Gasteiger partial charge in [-0.05, 0) is 0 Å². The Morgan fingerprint density at radius 1 is 1.50 bits per heavy atom. The van der Waals surface area contributed by atoms with Gasteiger partial charge in [0.15, 0.2) is 10.9 Å². The molecule has 0 fully saturated rings.